The standard InChI is InChI=1S/C25H34N4O4/c1-3-4-10-22(28-25(31)32-18-19-8-6-5-7-9-19)24(30)27-20-11-12-23(26-17-20)33-21-13-15-29(2)16-14-21/h5-9,11-12,17,21-22H,3-4,10,13-16,18H2,1-2H3,(H,27,30)(H,28,31). The Kier molecular flexibility index (Phi) is 9.50. The Hall–Kier alpha value is -3.13. The van der Waals surface area contributed by atoms with E-state index in [2.05, 4.69) is 27.6 Å². The summed E-state index contributed by atoms with van der Waals surface area (Å²) in [6.45, 7) is 4.21. The number of nitrogens with one attached hydrogen (secondary N) is 2. The number of likely N-dealkylation sites (tertiary alicyclic amines) is 1. The summed E-state index contributed by atoms with van der Waals surface area (Å²) in [5.41, 5.74) is 1.44. The molecule has 8 heteroatoms. The Bertz CT molecular complexity index is 868. The van der Waals surface area contributed by atoms with E-state index >= 15 is 0 Å². The minimum absolute atomic E-state index is 0.150. The van der Waals surface area contributed by atoms with Crippen molar-refractivity contribution in [2.24, 2.45) is 0 Å². The predicted octanol–water partition coefficient (Wildman–Crippen LogP) is 3.98. The zero-order valence-electron chi connectivity index (χ0n) is 19.5. The number of nitrogens with zero attached hydrogens (tertiary/aromatic N) is 2. The number of ether oxygens (including phenoxy) is 2. The number of hydrogen-bond acceptors (Lipinski definition) is 6. The molecule has 1 aromatic heterocycles. The third-order valence-corrected chi connectivity index (χ3v) is 5.62. The third-order valence-electron chi connectivity index (χ3n) is 5.62. The fraction of sp³-hybridized carbons (Fsp3) is 0.480. The SMILES string of the molecule is CCCCC(NC(=O)OCc1ccccc1)C(=O)Nc1ccc(OC2CCN(C)CC2)nc1. The first-order chi connectivity index (χ1) is 16.0. The van der Waals surface area contributed by atoms with Crippen molar-refractivity contribution in [1.29, 1.82) is 0 Å². The van der Waals surface area contributed by atoms with Gasteiger partial charge in [0, 0.05) is 19.2 Å². The van der Waals surface area contributed by atoms with Gasteiger partial charge in [-0.15, -0.1) is 0 Å². The molecule has 3 rings (SSSR count). The highest BCUT2D eigenvalue weighted by molar-refractivity contribution is 5.96. The number of hydrogen-bond donors (Lipinski definition) is 2. The first-order valence-corrected chi connectivity index (χ1v) is 11.6. The number of carbonyl (C=O) groups is 2. The Morgan fingerprint density at radius 1 is 1.15 bits per heavy atom. The molecule has 0 saturated carbocycles. The number of carbonyl (C=O) groups excluding carboxylic acids is 2. The van der Waals surface area contributed by atoms with Gasteiger partial charge in [0.2, 0.25) is 11.8 Å². The third kappa shape index (κ3) is 8.38. The second-order valence-corrected chi connectivity index (χ2v) is 8.40. The van der Waals surface area contributed by atoms with Crippen LogP contribution < -0.4 is 15.4 Å². The molecule has 1 atom stereocenters. The number of anilines is 1. The average molecular weight is 455 g/mol. The second kappa shape index (κ2) is 12.8. The van der Waals surface area contributed by atoms with E-state index in [4.69, 9.17) is 9.47 Å². The fourth-order valence-corrected chi connectivity index (χ4v) is 3.61. The van der Waals surface area contributed by atoms with Gasteiger partial charge in [-0.1, -0.05) is 50.1 Å². The Labute approximate surface area is 195 Å². The van der Waals surface area contributed by atoms with Gasteiger partial charge in [-0.05, 0) is 37.9 Å². The summed E-state index contributed by atoms with van der Waals surface area (Å²) in [4.78, 5) is 31.7. The van der Waals surface area contributed by atoms with Crippen LogP contribution in [0.4, 0.5) is 10.5 Å². The minimum atomic E-state index is -0.691. The molecule has 1 unspecified atom stereocenters. The highest BCUT2D eigenvalue weighted by Gasteiger charge is 2.22. The summed E-state index contributed by atoms with van der Waals surface area (Å²) < 4.78 is 11.2. The molecule has 2 heterocycles. The summed E-state index contributed by atoms with van der Waals surface area (Å²) in [6.07, 6.45) is 5.31. The van der Waals surface area contributed by atoms with Crippen molar-refractivity contribution in [3.05, 3.63) is 54.2 Å². The summed E-state index contributed by atoms with van der Waals surface area (Å²) in [6, 6.07) is 12.2. The highest BCUT2D eigenvalue weighted by Crippen LogP contribution is 2.18. The number of aromatic nitrogens is 1. The van der Waals surface area contributed by atoms with Crippen LogP contribution in [0.3, 0.4) is 0 Å². The molecule has 8 nitrogen and oxygen atoms in total. The van der Waals surface area contributed by atoms with Crippen LogP contribution in [-0.4, -0.2) is 54.2 Å². The number of pyridine rings is 1. The number of piperidine rings is 1. The van der Waals surface area contributed by atoms with Crippen LogP contribution in [0, 0.1) is 0 Å². The smallest absolute Gasteiger partial charge is 0.408 e. The first-order valence-electron chi connectivity index (χ1n) is 11.6. The van der Waals surface area contributed by atoms with Gasteiger partial charge < -0.3 is 25.0 Å². The van der Waals surface area contributed by atoms with Crippen LogP contribution in [0.15, 0.2) is 48.7 Å². The summed E-state index contributed by atoms with van der Waals surface area (Å²) in [7, 11) is 2.11. The monoisotopic (exact) mass is 454 g/mol. The van der Waals surface area contributed by atoms with E-state index in [0.717, 1.165) is 44.3 Å². The largest absolute Gasteiger partial charge is 0.474 e. The van der Waals surface area contributed by atoms with Crippen molar-refractivity contribution in [2.75, 3.05) is 25.5 Å². The molecule has 0 aliphatic carbocycles. The average Bonchev–Trinajstić information content (AvgIpc) is 2.83. The van der Waals surface area contributed by atoms with E-state index in [9.17, 15) is 9.59 Å². The summed E-state index contributed by atoms with van der Waals surface area (Å²) in [5, 5.41) is 5.52. The molecular weight excluding hydrogens is 420 g/mol. The van der Waals surface area contributed by atoms with Crippen molar-refractivity contribution in [3.8, 4) is 5.88 Å². The zero-order valence-corrected chi connectivity index (χ0v) is 19.5. The molecule has 2 amide bonds. The van der Waals surface area contributed by atoms with E-state index in [0.29, 0.717) is 18.0 Å². The molecule has 1 aliphatic rings. The van der Waals surface area contributed by atoms with Crippen LogP contribution in [0.1, 0.15) is 44.6 Å². The Balaban J connectivity index is 1.50. The molecule has 1 aromatic carbocycles. The molecule has 1 aliphatic heterocycles. The lowest BCUT2D eigenvalue weighted by Gasteiger charge is -2.28. The second-order valence-electron chi connectivity index (χ2n) is 8.40. The predicted molar refractivity (Wildman–Crippen MR) is 127 cm³/mol. The van der Waals surface area contributed by atoms with E-state index in [1.54, 1.807) is 18.3 Å². The number of amides is 2. The maximum atomic E-state index is 12.8. The molecule has 2 aromatic rings. The number of rotatable bonds is 10. The quantitative estimate of drug-likeness (QED) is 0.564. The van der Waals surface area contributed by atoms with Gasteiger partial charge in [0.1, 0.15) is 18.8 Å². The molecule has 33 heavy (non-hydrogen) atoms. The van der Waals surface area contributed by atoms with Crippen LogP contribution in [0.25, 0.3) is 0 Å². The van der Waals surface area contributed by atoms with Crippen LogP contribution in [0.5, 0.6) is 5.88 Å². The molecular formula is C25H34N4O4. The van der Waals surface area contributed by atoms with Crippen LogP contribution >= 0.6 is 0 Å². The molecule has 1 fully saturated rings. The summed E-state index contributed by atoms with van der Waals surface area (Å²) >= 11 is 0. The van der Waals surface area contributed by atoms with Crippen molar-refractivity contribution < 1.29 is 19.1 Å². The first kappa shape index (κ1) is 24.5. The van der Waals surface area contributed by atoms with Gasteiger partial charge in [0.05, 0.1) is 11.9 Å². The van der Waals surface area contributed by atoms with E-state index in [1.165, 1.54) is 0 Å². The van der Waals surface area contributed by atoms with Gasteiger partial charge >= 0.3 is 6.09 Å². The highest BCUT2D eigenvalue weighted by atomic mass is 16.5. The van der Waals surface area contributed by atoms with E-state index in [1.807, 2.05) is 37.3 Å². The Morgan fingerprint density at radius 3 is 2.58 bits per heavy atom. The van der Waals surface area contributed by atoms with Gasteiger partial charge in [0.25, 0.3) is 0 Å². The molecule has 178 valence electrons. The fourth-order valence-electron chi connectivity index (χ4n) is 3.61. The number of unbranched alkanes of at least 4 members (excludes halogenated alkanes) is 1. The van der Waals surface area contributed by atoms with E-state index in [-0.39, 0.29) is 18.6 Å². The Morgan fingerprint density at radius 2 is 1.91 bits per heavy atom. The van der Waals surface area contributed by atoms with Crippen LogP contribution in [-0.2, 0) is 16.1 Å². The van der Waals surface area contributed by atoms with Crippen LogP contribution in [0.2, 0.25) is 0 Å². The van der Waals surface area contributed by atoms with Crippen molar-refractivity contribution in [3.63, 3.8) is 0 Å². The lowest BCUT2D eigenvalue weighted by molar-refractivity contribution is -0.118. The molecule has 0 spiro atoms. The van der Waals surface area contributed by atoms with Crippen molar-refractivity contribution >= 4 is 17.7 Å². The minimum Gasteiger partial charge on any atom is -0.474 e. The van der Waals surface area contributed by atoms with Gasteiger partial charge in [0.15, 0.2) is 0 Å². The number of benzene rings is 1. The van der Waals surface area contributed by atoms with Gasteiger partial charge in [-0.25, -0.2) is 9.78 Å². The molecule has 0 radical (unpaired) electrons. The van der Waals surface area contributed by atoms with Crippen molar-refractivity contribution in [2.45, 2.75) is 57.8 Å². The van der Waals surface area contributed by atoms with Crippen molar-refractivity contribution in [1.82, 2.24) is 15.2 Å². The lowest BCUT2D eigenvalue weighted by Crippen LogP contribution is -2.44. The maximum Gasteiger partial charge on any atom is 0.408 e. The zero-order chi connectivity index (χ0) is 23.5. The molecule has 1 saturated heterocycles. The molecule has 0 bridgehead atoms. The maximum absolute atomic E-state index is 12.8. The number of alkyl carbamates (subject to hydrolysis) is 1. The van der Waals surface area contributed by atoms with E-state index < -0.39 is 12.1 Å². The normalized spacial score (nSPS) is 15.5. The molecule has 2 N–H and O–H groups in total. The summed E-state index contributed by atoms with van der Waals surface area (Å²) in [5.74, 6) is 0.249. The lowest BCUT2D eigenvalue weighted by atomic mass is 10.1. The van der Waals surface area contributed by atoms with Gasteiger partial charge in [-0.3, -0.25) is 4.79 Å². The van der Waals surface area contributed by atoms with Gasteiger partial charge in [-0.2, -0.15) is 0 Å². The topological polar surface area (TPSA) is 92.8 Å².